The van der Waals surface area contributed by atoms with E-state index in [4.69, 9.17) is 0 Å². The topological polar surface area (TPSA) is 0 Å². The molecular formula is C42H13F75Si. The highest BCUT2D eigenvalue weighted by Gasteiger charge is 3.04. The van der Waals surface area contributed by atoms with Gasteiger partial charge in [-0.2, -0.15) is 329 Å². The Labute approximate surface area is 590 Å². The molecule has 0 radical (unpaired) electrons. The Kier molecular flexibility index (Phi) is 27.3. The molecule has 0 aromatic carbocycles. The van der Waals surface area contributed by atoms with Crippen LogP contribution in [0.15, 0.2) is 0 Å². The SMILES string of the molecule is FC(F)(F)C(F)(F)C(F)(F)C(F)(F)C(F)(F)C(F)(F)C(F)(F)C(F)(F)C(F)(F)C(F)(F)C(F)(F)C(F)(F)CC[SiH](CCC(F)(F)C(F)(F)C(F)(F)C(F)(F)C(F)(F)C(F)(F)C(F)(F)C(F)(F)C(F)(F)C(F)(F)C(F)(F)C(F)(F)F)CCC(F)(F)C(F)(F)C(F)(F)C(F)(F)C(F)(F)C(F)(F)C(F)(F)C(F)(F)C(F)(F)C(F)(F)C(F)(F)C(F)(F)F. The van der Waals surface area contributed by atoms with Gasteiger partial charge >= 0.3 is 214 Å². The van der Waals surface area contributed by atoms with Gasteiger partial charge in [0.1, 0.15) is 0 Å². The minimum atomic E-state index is -10.6. The highest BCUT2D eigenvalue weighted by Crippen LogP contribution is 2.74. The molecule has 76 heteroatoms. The van der Waals surface area contributed by atoms with Crippen molar-refractivity contribution in [3.63, 3.8) is 0 Å². The molecule has 0 aliphatic heterocycles. The maximum atomic E-state index is 15.0. The van der Waals surface area contributed by atoms with Gasteiger partial charge in [0.2, 0.25) is 0 Å². The molecule has 0 saturated heterocycles. The molecule has 0 bridgehead atoms. The summed E-state index contributed by atoms with van der Waals surface area (Å²) in [5, 5.41) is 0. The molecule has 0 aromatic rings. The molecule has 0 aliphatic rings. The van der Waals surface area contributed by atoms with Crippen LogP contribution >= 0.6 is 0 Å². The van der Waals surface area contributed by atoms with E-state index in [0.29, 0.717) is 0 Å². The first kappa shape index (κ1) is 113. The molecule has 0 N–H and O–H groups in total. The second kappa shape index (κ2) is 28.5. The summed E-state index contributed by atoms with van der Waals surface area (Å²) in [5.74, 6) is -332. The van der Waals surface area contributed by atoms with E-state index in [1.165, 1.54) is 0 Å². The van der Waals surface area contributed by atoms with Gasteiger partial charge in [-0.15, -0.1) is 0 Å². The molecule has 0 unspecified atom stereocenters. The Hall–Kier alpha value is -5.03. The van der Waals surface area contributed by atoms with Crippen LogP contribution in [-0.2, 0) is 0 Å². The smallest absolute Gasteiger partial charge is 0.200 e. The van der Waals surface area contributed by atoms with Crippen molar-refractivity contribution in [3.05, 3.63) is 0 Å². The molecule has 0 aliphatic carbocycles. The van der Waals surface area contributed by atoms with Crippen LogP contribution in [0.25, 0.3) is 0 Å². The van der Waals surface area contributed by atoms with Crippen LogP contribution < -0.4 is 0 Å². The molecule has 0 amide bonds. The van der Waals surface area contributed by atoms with Gasteiger partial charge in [0.25, 0.3) is 0 Å². The first-order valence-corrected chi connectivity index (χ1v) is 28.7. The van der Waals surface area contributed by atoms with Crippen LogP contribution in [-0.4, -0.2) is 223 Å². The van der Waals surface area contributed by atoms with Gasteiger partial charge in [0.05, 0.1) is 0 Å². The van der Waals surface area contributed by atoms with Gasteiger partial charge in [-0.3, -0.25) is 0 Å². The van der Waals surface area contributed by atoms with Gasteiger partial charge in [-0.1, -0.05) is 18.1 Å². The Bertz CT molecular complexity index is 3120. The summed E-state index contributed by atoms with van der Waals surface area (Å²) >= 11 is 0. The highest BCUT2D eigenvalue weighted by atomic mass is 28.3. The minimum absolute atomic E-state index is 4.31. The Morgan fingerprint density at radius 3 is 0.237 bits per heavy atom. The lowest BCUT2D eigenvalue weighted by Crippen LogP contribution is -2.78. The second-order valence-corrected chi connectivity index (χ2v) is 26.8. The molecule has 0 rings (SSSR count). The molecule has 118 heavy (non-hydrogen) atoms. The van der Waals surface area contributed by atoms with Crippen molar-refractivity contribution < 1.29 is 329 Å². The van der Waals surface area contributed by atoms with Crippen LogP contribution in [0.3, 0.4) is 0 Å². The summed E-state index contributed by atoms with van der Waals surface area (Å²) in [6.45, 7) is 0. The summed E-state index contributed by atoms with van der Waals surface area (Å²) in [6.07, 6.45) is -41.6. The molecule has 0 fully saturated rings. The highest BCUT2D eigenvalue weighted by molar-refractivity contribution is 6.58. The summed E-state index contributed by atoms with van der Waals surface area (Å²) in [7, 11) is -7.37. The van der Waals surface area contributed by atoms with Gasteiger partial charge in [0, 0.05) is 28.1 Å². The normalized spacial score (nSPS) is 17.4. The molecule has 0 atom stereocenters. The number of hydrogen-bond acceptors (Lipinski definition) is 0. The van der Waals surface area contributed by atoms with E-state index in [0.717, 1.165) is 0 Å². The standard InChI is InChI=1S/C42H13F75Si/c43-7(44,10(49,50)13(55,56)16(61,62)19(67,68)22(73,74)25(79,80)28(85,86)31(91,92)34(97,98)37(103,104)40(109,110)111)1-4-118(5-2-8(45,46)11(51,52)14(57,58)17(63,64)20(69,70)23(75,76)26(81,82)29(87,88)32(93,94)35(99,100)38(105,106)41(112,113)114)6-3-9(47,48)12(53,54)15(59,60)18(65,66)21(71,72)24(77,78)27(83,84)30(89,90)33(95,96)36(101,102)39(107,108)42(115,116)117/h118H,1-6H2. The van der Waals surface area contributed by atoms with Crippen LogP contribution in [0.4, 0.5) is 329 Å². The molecule has 0 spiro atoms. The average molecular weight is 1970 g/mol. The third-order valence-electron chi connectivity index (χ3n) is 15.7. The third-order valence-corrected chi connectivity index (χ3v) is 19.0. The molecule has 0 nitrogen and oxygen atoms in total. The molecule has 0 heterocycles. The predicted molar refractivity (Wildman–Crippen MR) is 217 cm³/mol. The maximum Gasteiger partial charge on any atom is 0.460 e. The maximum absolute atomic E-state index is 15.0. The second-order valence-electron chi connectivity index (χ2n) is 23.3. The van der Waals surface area contributed by atoms with Gasteiger partial charge in [-0.25, -0.2) is 0 Å². The monoisotopic (exact) mass is 1970 g/mol. The summed E-state index contributed by atoms with van der Waals surface area (Å²) in [5.41, 5.74) is 0. The first-order valence-electron chi connectivity index (χ1n) is 26.2. The molecule has 710 valence electrons. The number of hydrogen-bond donors (Lipinski definition) is 0. The minimum Gasteiger partial charge on any atom is -0.200 e. The quantitative estimate of drug-likeness (QED) is 0.0425. The number of halogens is 75. The van der Waals surface area contributed by atoms with Gasteiger partial charge in [0.15, 0.2) is 0 Å². The zero-order chi connectivity index (χ0) is 97.8. The number of alkyl halides is 75. The Balaban J connectivity index is 9.06. The largest absolute Gasteiger partial charge is 0.460 e. The van der Waals surface area contributed by atoms with Crippen molar-refractivity contribution in [2.24, 2.45) is 0 Å². The van der Waals surface area contributed by atoms with E-state index in [1.807, 2.05) is 0 Å². The summed E-state index contributed by atoms with van der Waals surface area (Å²) < 4.78 is 1050. The third kappa shape index (κ3) is 14.0. The van der Waals surface area contributed by atoms with E-state index in [2.05, 4.69) is 0 Å². The molecular weight excluding hydrogens is 1960 g/mol. The zero-order valence-corrected chi connectivity index (χ0v) is 52.3. The fourth-order valence-corrected chi connectivity index (χ4v) is 11.2. The van der Waals surface area contributed by atoms with E-state index in [1.54, 1.807) is 0 Å². The van der Waals surface area contributed by atoms with E-state index < -0.39 is 260 Å². The predicted octanol–water partition coefficient (Wildman–Crippen LogP) is 26.0. The lowest BCUT2D eigenvalue weighted by molar-refractivity contribution is -0.482. The summed E-state index contributed by atoms with van der Waals surface area (Å²) in [4.78, 5) is 0. The van der Waals surface area contributed by atoms with E-state index in [9.17, 15) is 303 Å². The van der Waals surface area contributed by atoms with Crippen LogP contribution in [0, 0.1) is 0 Å². The summed E-state index contributed by atoms with van der Waals surface area (Å²) in [6, 6.07) is -12.9. The Morgan fingerprint density at radius 2 is 0.161 bits per heavy atom. The lowest BCUT2D eigenvalue weighted by Gasteiger charge is -2.46. The molecule has 0 aromatic heterocycles. The number of rotatable bonds is 39. The van der Waals surface area contributed by atoms with Crippen LogP contribution in [0.2, 0.25) is 18.1 Å². The van der Waals surface area contributed by atoms with Gasteiger partial charge < -0.3 is 0 Å². The van der Waals surface area contributed by atoms with Crippen molar-refractivity contribution >= 4 is 8.80 Å². The first-order chi connectivity index (χ1) is 49.5. The average Bonchev–Trinajstić information content (AvgIpc) is 0.690. The van der Waals surface area contributed by atoms with Crippen LogP contribution in [0.1, 0.15) is 19.3 Å². The lowest BCUT2D eigenvalue weighted by atomic mass is 9.84. The van der Waals surface area contributed by atoms with Crippen molar-refractivity contribution in [2.75, 3.05) is 0 Å². The van der Waals surface area contributed by atoms with Crippen molar-refractivity contribution in [1.82, 2.24) is 0 Å². The van der Waals surface area contributed by atoms with Crippen LogP contribution in [0.5, 0.6) is 0 Å². The van der Waals surface area contributed by atoms with Gasteiger partial charge in [-0.05, 0) is 0 Å². The zero-order valence-electron chi connectivity index (χ0n) is 51.2. The Morgan fingerprint density at radius 1 is 0.0932 bits per heavy atom. The van der Waals surface area contributed by atoms with Crippen molar-refractivity contribution in [2.45, 2.75) is 251 Å². The fourth-order valence-electron chi connectivity index (χ4n) is 8.02. The fraction of sp³-hybridized carbons (Fsp3) is 1.00. The van der Waals surface area contributed by atoms with E-state index >= 15 is 26.3 Å². The van der Waals surface area contributed by atoms with E-state index in [-0.39, 0.29) is 0 Å². The van der Waals surface area contributed by atoms with Crippen molar-refractivity contribution in [1.29, 1.82) is 0 Å². The van der Waals surface area contributed by atoms with Crippen molar-refractivity contribution in [3.8, 4) is 0 Å². The molecule has 0 saturated carbocycles.